The highest BCUT2D eigenvalue weighted by Crippen LogP contribution is 2.33. The van der Waals surface area contributed by atoms with Crippen LogP contribution in [-0.2, 0) is 10.0 Å². The van der Waals surface area contributed by atoms with Crippen LogP contribution in [0.15, 0.2) is 66.7 Å². The normalized spacial score (nSPS) is 11.6. The van der Waals surface area contributed by atoms with Gasteiger partial charge in [-0.1, -0.05) is 29.8 Å². The van der Waals surface area contributed by atoms with Crippen molar-refractivity contribution in [3.05, 3.63) is 72.3 Å². The Morgan fingerprint density at radius 1 is 0.815 bits per heavy atom. The molecule has 0 aliphatic heterocycles. The predicted octanol–water partition coefficient (Wildman–Crippen LogP) is 4.81. The van der Waals surface area contributed by atoms with Crippen molar-refractivity contribution >= 4 is 48.9 Å². The second-order valence-corrected chi connectivity index (χ2v) is 8.35. The number of pyridine rings is 1. The second-order valence-electron chi connectivity index (χ2n) is 6.60. The quantitative estimate of drug-likeness (QED) is 0.501. The summed E-state index contributed by atoms with van der Waals surface area (Å²) in [5, 5.41) is 5.57. The lowest BCUT2D eigenvalue weighted by Gasteiger charge is -2.14. The average molecular weight is 377 g/mol. The number of nitrogens with zero attached hydrogens (tertiary/aromatic N) is 1. The number of fused-ring (bicyclic) bond motifs is 2. The van der Waals surface area contributed by atoms with E-state index in [1.54, 1.807) is 12.1 Å². The van der Waals surface area contributed by atoms with E-state index in [1.165, 1.54) is 0 Å². The van der Waals surface area contributed by atoms with Crippen molar-refractivity contribution in [2.24, 2.45) is 0 Å². The Balaban J connectivity index is 1.81. The summed E-state index contributed by atoms with van der Waals surface area (Å²) in [6, 6.07) is 21.4. The second kappa shape index (κ2) is 6.55. The lowest BCUT2D eigenvalue weighted by Crippen LogP contribution is -2.09. The Kier molecular flexibility index (Phi) is 4.20. The molecule has 0 unspecified atom stereocenters. The minimum Gasteiger partial charge on any atom is -0.354 e. The number of para-hydroxylation sites is 1. The molecule has 1 aromatic heterocycles. The van der Waals surface area contributed by atoms with Crippen LogP contribution in [0.3, 0.4) is 0 Å². The maximum absolute atomic E-state index is 11.4. The van der Waals surface area contributed by atoms with Gasteiger partial charge < -0.3 is 5.32 Å². The van der Waals surface area contributed by atoms with Crippen LogP contribution >= 0.6 is 0 Å². The van der Waals surface area contributed by atoms with E-state index >= 15 is 0 Å². The fourth-order valence-corrected chi connectivity index (χ4v) is 3.68. The molecule has 4 aromatic rings. The third-order valence-corrected chi connectivity index (χ3v) is 4.90. The van der Waals surface area contributed by atoms with Crippen molar-refractivity contribution in [2.45, 2.75) is 6.92 Å². The number of aromatic nitrogens is 1. The van der Waals surface area contributed by atoms with E-state index in [4.69, 9.17) is 4.98 Å². The number of hydrogen-bond donors (Lipinski definition) is 2. The number of rotatable bonds is 4. The highest BCUT2D eigenvalue weighted by Gasteiger charge is 2.10. The molecular formula is C21H19N3O2S. The van der Waals surface area contributed by atoms with Gasteiger partial charge in [-0.2, -0.15) is 0 Å². The molecule has 27 heavy (non-hydrogen) atoms. The summed E-state index contributed by atoms with van der Waals surface area (Å²) in [6.45, 7) is 2.06. The molecule has 0 fully saturated rings. The summed E-state index contributed by atoms with van der Waals surface area (Å²) in [4.78, 5) is 4.76. The number of nitrogens with one attached hydrogen (secondary N) is 2. The predicted molar refractivity (Wildman–Crippen MR) is 112 cm³/mol. The number of hydrogen-bond acceptors (Lipinski definition) is 4. The van der Waals surface area contributed by atoms with Gasteiger partial charge in [0.1, 0.15) is 0 Å². The van der Waals surface area contributed by atoms with Crippen LogP contribution < -0.4 is 10.0 Å². The van der Waals surface area contributed by atoms with Gasteiger partial charge >= 0.3 is 0 Å². The van der Waals surface area contributed by atoms with Crippen molar-refractivity contribution in [3.8, 4) is 0 Å². The molecule has 0 spiro atoms. The number of sulfonamides is 1. The van der Waals surface area contributed by atoms with Gasteiger partial charge in [-0.25, -0.2) is 13.4 Å². The zero-order valence-corrected chi connectivity index (χ0v) is 15.8. The third-order valence-electron chi connectivity index (χ3n) is 4.29. The zero-order valence-electron chi connectivity index (χ0n) is 15.0. The molecule has 3 aromatic carbocycles. The largest absolute Gasteiger partial charge is 0.354 e. The topological polar surface area (TPSA) is 71.1 Å². The van der Waals surface area contributed by atoms with Gasteiger partial charge in [-0.05, 0) is 49.4 Å². The smallest absolute Gasteiger partial charge is 0.229 e. The minimum atomic E-state index is -3.29. The summed E-state index contributed by atoms with van der Waals surface area (Å²) in [5.74, 6) is 0. The SMILES string of the molecule is Cc1ccc2nc3ccccc3c(Nc3ccc(NS(C)(=O)=O)cc3)c2c1. The van der Waals surface area contributed by atoms with E-state index in [1.807, 2.05) is 42.5 Å². The van der Waals surface area contributed by atoms with E-state index < -0.39 is 10.0 Å². The molecule has 0 radical (unpaired) electrons. The molecule has 5 nitrogen and oxygen atoms in total. The average Bonchev–Trinajstić information content (AvgIpc) is 2.62. The first-order chi connectivity index (χ1) is 12.9. The molecule has 0 amide bonds. The van der Waals surface area contributed by atoms with E-state index in [0.29, 0.717) is 5.69 Å². The molecule has 0 aliphatic rings. The molecular weight excluding hydrogens is 358 g/mol. The van der Waals surface area contributed by atoms with Crippen LogP contribution in [0.1, 0.15) is 5.56 Å². The lowest BCUT2D eigenvalue weighted by atomic mass is 10.1. The van der Waals surface area contributed by atoms with Gasteiger partial charge in [0.15, 0.2) is 0 Å². The first kappa shape index (κ1) is 17.3. The molecule has 0 aliphatic carbocycles. The standard InChI is InChI=1S/C21H19N3O2S/c1-14-7-12-20-18(13-14)21(17-5-3-4-6-19(17)23-20)22-15-8-10-16(11-9-15)24-27(2,25)26/h3-13,24H,1-2H3,(H,22,23). The van der Waals surface area contributed by atoms with Crippen LogP contribution in [0, 0.1) is 6.92 Å². The number of anilines is 3. The Labute approximate surface area is 158 Å². The minimum absolute atomic E-state index is 0.531. The zero-order chi connectivity index (χ0) is 19.0. The first-order valence-corrected chi connectivity index (χ1v) is 10.4. The van der Waals surface area contributed by atoms with Gasteiger partial charge in [-0.3, -0.25) is 4.72 Å². The van der Waals surface area contributed by atoms with Crippen molar-refractivity contribution in [2.75, 3.05) is 16.3 Å². The Morgan fingerprint density at radius 2 is 1.48 bits per heavy atom. The fourth-order valence-electron chi connectivity index (χ4n) is 3.12. The molecule has 4 rings (SSSR count). The summed E-state index contributed by atoms with van der Waals surface area (Å²) < 4.78 is 25.2. The van der Waals surface area contributed by atoms with Crippen LogP contribution in [0.25, 0.3) is 21.8 Å². The molecule has 1 heterocycles. The van der Waals surface area contributed by atoms with E-state index in [0.717, 1.165) is 45.0 Å². The van der Waals surface area contributed by atoms with E-state index in [2.05, 4.69) is 29.1 Å². The molecule has 6 heteroatoms. The fraction of sp³-hybridized carbons (Fsp3) is 0.0952. The van der Waals surface area contributed by atoms with Crippen LogP contribution in [0.4, 0.5) is 17.1 Å². The Bertz CT molecular complexity index is 1250. The monoisotopic (exact) mass is 377 g/mol. The molecule has 0 saturated heterocycles. The van der Waals surface area contributed by atoms with Crippen molar-refractivity contribution < 1.29 is 8.42 Å². The van der Waals surface area contributed by atoms with Crippen molar-refractivity contribution in [1.29, 1.82) is 0 Å². The summed E-state index contributed by atoms with van der Waals surface area (Å²) in [6.07, 6.45) is 1.14. The van der Waals surface area contributed by atoms with Gasteiger partial charge in [0, 0.05) is 22.1 Å². The van der Waals surface area contributed by atoms with Crippen LogP contribution in [-0.4, -0.2) is 19.7 Å². The third kappa shape index (κ3) is 3.71. The van der Waals surface area contributed by atoms with E-state index in [-0.39, 0.29) is 0 Å². The van der Waals surface area contributed by atoms with Gasteiger partial charge in [0.25, 0.3) is 0 Å². The summed E-state index contributed by atoms with van der Waals surface area (Å²) in [5.41, 5.74) is 5.40. The molecule has 0 saturated carbocycles. The van der Waals surface area contributed by atoms with Gasteiger partial charge in [0.2, 0.25) is 10.0 Å². The maximum Gasteiger partial charge on any atom is 0.229 e. The summed E-state index contributed by atoms with van der Waals surface area (Å²) >= 11 is 0. The van der Waals surface area contributed by atoms with Crippen molar-refractivity contribution in [1.82, 2.24) is 4.98 Å². The molecule has 0 atom stereocenters. The maximum atomic E-state index is 11.4. The van der Waals surface area contributed by atoms with Crippen LogP contribution in [0.5, 0.6) is 0 Å². The Hall–Kier alpha value is -3.12. The highest BCUT2D eigenvalue weighted by atomic mass is 32.2. The number of benzene rings is 3. The van der Waals surface area contributed by atoms with Gasteiger partial charge in [-0.15, -0.1) is 0 Å². The molecule has 2 N–H and O–H groups in total. The summed E-state index contributed by atoms with van der Waals surface area (Å²) in [7, 11) is -3.29. The Morgan fingerprint density at radius 3 is 2.22 bits per heavy atom. The molecule has 0 bridgehead atoms. The van der Waals surface area contributed by atoms with Gasteiger partial charge in [0.05, 0.1) is 23.0 Å². The lowest BCUT2D eigenvalue weighted by molar-refractivity contribution is 0.607. The van der Waals surface area contributed by atoms with Crippen LogP contribution in [0.2, 0.25) is 0 Å². The molecule has 136 valence electrons. The van der Waals surface area contributed by atoms with Crippen molar-refractivity contribution in [3.63, 3.8) is 0 Å². The number of aryl methyl sites for hydroxylation is 1. The van der Waals surface area contributed by atoms with E-state index in [9.17, 15) is 8.42 Å². The first-order valence-electron chi connectivity index (χ1n) is 8.53. The highest BCUT2D eigenvalue weighted by molar-refractivity contribution is 7.92.